The predicted molar refractivity (Wildman–Crippen MR) is 52.1 cm³/mol. The highest BCUT2D eigenvalue weighted by Crippen LogP contribution is 2.07. The van der Waals surface area contributed by atoms with E-state index in [1.54, 1.807) is 0 Å². The number of rotatable bonds is 2. The molecule has 0 spiro atoms. The lowest BCUT2D eigenvalue weighted by Gasteiger charge is -2.17. The summed E-state index contributed by atoms with van der Waals surface area (Å²) in [5.74, 6) is 0.752. The number of aliphatic imine (C=N–C) groups is 1. The second-order valence-corrected chi connectivity index (χ2v) is 3.14. The quantitative estimate of drug-likeness (QED) is 0.297. The monoisotopic (exact) mass is 180 g/mol. The summed E-state index contributed by atoms with van der Waals surface area (Å²) < 4.78 is 0. The third-order valence-corrected chi connectivity index (χ3v) is 2.06. The van der Waals surface area contributed by atoms with Crippen LogP contribution in [0.3, 0.4) is 0 Å². The van der Waals surface area contributed by atoms with E-state index in [0.717, 1.165) is 32.0 Å². The summed E-state index contributed by atoms with van der Waals surface area (Å²) in [7, 11) is 0. The normalized spacial score (nSPS) is 17.2. The Morgan fingerprint density at radius 3 is 2.77 bits per heavy atom. The molecular weight excluding hydrogens is 164 g/mol. The lowest BCUT2D eigenvalue weighted by atomic mass is 10.4. The van der Waals surface area contributed by atoms with Gasteiger partial charge < -0.3 is 4.90 Å². The highest BCUT2D eigenvalue weighted by molar-refractivity contribution is 5.81. The molecule has 0 atom stereocenters. The zero-order valence-corrected chi connectivity index (χ0v) is 8.08. The third kappa shape index (κ3) is 2.94. The second-order valence-electron chi connectivity index (χ2n) is 3.14. The minimum absolute atomic E-state index is 0.752. The number of hydrogen-bond acceptors (Lipinski definition) is 2. The van der Waals surface area contributed by atoms with Crippen LogP contribution in [0, 0.1) is 11.5 Å². The van der Waals surface area contributed by atoms with Crippen molar-refractivity contribution in [3.05, 3.63) is 0 Å². The maximum absolute atomic E-state index is 8.53. The van der Waals surface area contributed by atoms with Crippen molar-refractivity contribution >= 4 is 5.96 Å². The zero-order chi connectivity index (χ0) is 9.52. The highest BCUT2D eigenvalue weighted by atomic mass is 15.3. The van der Waals surface area contributed by atoms with Gasteiger partial charge in [0.1, 0.15) is 0 Å². The molecule has 1 heterocycles. The van der Waals surface area contributed by atoms with Crippen LogP contribution in [-0.4, -0.2) is 30.5 Å². The molecule has 0 aliphatic carbocycles. The standard InChI is InChI=1S/C9H16N4/c1-2-5-11-9(12-8-10)13-6-3-4-7-13/h2-7H2,1H3,(H,11,12). The van der Waals surface area contributed by atoms with Crippen molar-refractivity contribution < 1.29 is 0 Å². The molecule has 0 aromatic carbocycles. The van der Waals surface area contributed by atoms with E-state index in [1.165, 1.54) is 12.8 Å². The SMILES string of the molecule is CCCN=C(NC#N)N1CCCC1. The first kappa shape index (κ1) is 9.85. The van der Waals surface area contributed by atoms with E-state index in [0.29, 0.717) is 0 Å². The maximum Gasteiger partial charge on any atom is 0.207 e. The molecule has 1 aliphatic heterocycles. The lowest BCUT2D eigenvalue weighted by Crippen LogP contribution is -2.37. The van der Waals surface area contributed by atoms with Gasteiger partial charge in [-0.05, 0) is 19.3 Å². The summed E-state index contributed by atoms with van der Waals surface area (Å²) in [6, 6.07) is 0. The molecule has 1 rings (SSSR count). The summed E-state index contributed by atoms with van der Waals surface area (Å²) in [4.78, 5) is 6.46. The fraction of sp³-hybridized carbons (Fsp3) is 0.778. The zero-order valence-electron chi connectivity index (χ0n) is 8.08. The van der Waals surface area contributed by atoms with Crippen LogP contribution < -0.4 is 5.32 Å². The van der Waals surface area contributed by atoms with Crippen molar-refractivity contribution in [3.8, 4) is 6.19 Å². The first-order valence-electron chi connectivity index (χ1n) is 4.83. The lowest BCUT2D eigenvalue weighted by molar-refractivity contribution is 0.502. The summed E-state index contributed by atoms with van der Waals surface area (Å²) >= 11 is 0. The number of nitrogens with zero attached hydrogens (tertiary/aromatic N) is 3. The molecule has 1 fully saturated rings. The fourth-order valence-electron chi connectivity index (χ4n) is 1.42. The summed E-state index contributed by atoms with van der Waals surface area (Å²) in [5, 5.41) is 11.2. The molecule has 0 unspecified atom stereocenters. The van der Waals surface area contributed by atoms with E-state index in [4.69, 9.17) is 5.26 Å². The summed E-state index contributed by atoms with van der Waals surface area (Å²) in [6.45, 7) is 4.92. The molecule has 0 saturated carbocycles. The molecule has 4 heteroatoms. The van der Waals surface area contributed by atoms with Crippen LogP contribution in [0.2, 0.25) is 0 Å². The van der Waals surface area contributed by atoms with Crippen LogP contribution in [0.1, 0.15) is 26.2 Å². The van der Waals surface area contributed by atoms with E-state index in [2.05, 4.69) is 22.1 Å². The number of likely N-dealkylation sites (tertiary alicyclic amines) is 1. The average molecular weight is 180 g/mol. The van der Waals surface area contributed by atoms with Crippen LogP contribution >= 0.6 is 0 Å². The Kier molecular flexibility index (Phi) is 4.10. The number of guanidine groups is 1. The van der Waals surface area contributed by atoms with Gasteiger partial charge in [-0.1, -0.05) is 6.92 Å². The van der Waals surface area contributed by atoms with E-state index < -0.39 is 0 Å². The van der Waals surface area contributed by atoms with Gasteiger partial charge in [-0.15, -0.1) is 0 Å². The van der Waals surface area contributed by atoms with Crippen molar-refractivity contribution in [1.82, 2.24) is 10.2 Å². The van der Waals surface area contributed by atoms with Gasteiger partial charge in [0, 0.05) is 19.6 Å². The molecular formula is C9H16N4. The first-order chi connectivity index (χ1) is 6.38. The molecule has 1 N–H and O–H groups in total. The molecule has 1 saturated heterocycles. The Morgan fingerprint density at radius 1 is 1.54 bits per heavy atom. The van der Waals surface area contributed by atoms with Crippen molar-refractivity contribution in [2.24, 2.45) is 4.99 Å². The molecule has 0 aromatic rings. The Labute approximate surface area is 79.3 Å². The average Bonchev–Trinajstić information content (AvgIpc) is 2.65. The van der Waals surface area contributed by atoms with Gasteiger partial charge in [0.2, 0.25) is 5.96 Å². The van der Waals surface area contributed by atoms with Crippen molar-refractivity contribution in [2.75, 3.05) is 19.6 Å². The number of hydrogen-bond donors (Lipinski definition) is 1. The molecule has 13 heavy (non-hydrogen) atoms. The van der Waals surface area contributed by atoms with Crippen LogP contribution in [0.15, 0.2) is 4.99 Å². The topological polar surface area (TPSA) is 51.4 Å². The molecule has 0 amide bonds. The van der Waals surface area contributed by atoms with Crippen molar-refractivity contribution in [3.63, 3.8) is 0 Å². The van der Waals surface area contributed by atoms with E-state index in [-0.39, 0.29) is 0 Å². The van der Waals surface area contributed by atoms with Gasteiger partial charge in [-0.2, -0.15) is 5.26 Å². The van der Waals surface area contributed by atoms with E-state index in [1.807, 2.05) is 6.19 Å². The van der Waals surface area contributed by atoms with Gasteiger partial charge in [-0.25, -0.2) is 0 Å². The highest BCUT2D eigenvalue weighted by Gasteiger charge is 2.15. The third-order valence-electron chi connectivity index (χ3n) is 2.06. The molecule has 4 nitrogen and oxygen atoms in total. The van der Waals surface area contributed by atoms with Gasteiger partial charge in [-0.3, -0.25) is 10.3 Å². The van der Waals surface area contributed by atoms with Gasteiger partial charge in [0.15, 0.2) is 6.19 Å². The van der Waals surface area contributed by atoms with Crippen LogP contribution in [-0.2, 0) is 0 Å². The van der Waals surface area contributed by atoms with E-state index >= 15 is 0 Å². The largest absolute Gasteiger partial charge is 0.342 e. The Balaban J connectivity index is 2.50. The molecule has 72 valence electrons. The Bertz CT molecular complexity index is 210. The van der Waals surface area contributed by atoms with Crippen LogP contribution in [0.5, 0.6) is 0 Å². The minimum atomic E-state index is 0.752. The number of nitriles is 1. The number of nitrogens with one attached hydrogen (secondary N) is 1. The summed E-state index contributed by atoms with van der Waals surface area (Å²) in [5.41, 5.74) is 0. The Hall–Kier alpha value is -1.24. The fourth-order valence-corrected chi connectivity index (χ4v) is 1.42. The second kappa shape index (κ2) is 5.41. The van der Waals surface area contributed by atoms with Crippen molar-refractivity contribution in [1.29, 1.82) is 5.26 Å². The van der Waals surface area contributed by atoms with E-state index in [9.17, 15) is 0 Å². The molecule has 0 aromatic heterocycles. The Morgan fingerprint density at radius 2 is 2.23 bits per heavy atom. The van der Waals surface area contributed by atoms with Crippen LogP contribution in [0.4, 0.5) is 0 Å². The summed E-state index contributed by atoms with van der Waals surface area (Å²) in [6.07, 6.45) is 5.36. The molecule has 1 aliphatic rings. The van der Waals surface area contributed by atoms with Crippen LogP contribution in [0.25, 0.3) is 0 Å². The molecule has 0 bridgehead atoms. The predicted octanol–water partition coefficient (Wildman–Crippen LogP) is 0.919. The smallest absolute Gasteiger partial charge is 0.207 e. The van der Waals surface area contributed by atoms with Gasteiger partial charge in [0.05, 0.1) is 0 Å². The maximum atomic E-state index is 8.53. The minimum Gasteiger partial charge on any atom is -0.342 e. The van der Waals surface area contributed by atoms with Gasteiger partial charge in [0.25, 0.3) is 0 Å². The first-order valence-corrected chi connectivity index (χ1v) is 4.83. The molecule has 0 radical (unpaired) electrons. The van der Waals surface area contributed by atoms with Gasteiger partial charge >= 0.3 is 0 Å². The van der Waals surface area contributed by atoms with Crippen molar-refractivity contribution in [2.45, 2.75) is 26.2 Å².